The molecule has 0 radical (unpaired) electrons. The summed E-state index contributed by atoms with van der Waals surface area (Å²) >= 11 is 0. The van der Waals surface area contributed by atoms with E-state index in [0.717, 1.165) is 5.20 Å². The third-order valence-electron chi connectivity index (χ3n) is 1.39. The topological polar surface area (TPSA) is 29.5 Å². The minimum atomic E-state index is -1.38. The highest BCUT2D eigenvalue weighted by Gasteiger charge is 2.17. The van der Waals surface area contributed by atoms with Gasteiger partial charge in [-0.1, -0.05) is 19.6 Å². The van der Waals surface area contributed by atoms with Gasteiger partial charge in [0.1, 0.15) is 0 Å². The molecule has 2 nitrogen and oxygen atoms in total. The number of methoxy groups -OCH3 is 1. The number of aliphatic hydroxyl groups excluding tert-OH is 1. The Bertz CT molecular complexity index is 165. The van der Waals surface area contributed by atoms with Gasteiger partial charge in [0.05, 0.1) is 27.7 Å². The maximum Gasteiger partial charge on any atom is 0.0824 e. The fraction of sp³-hybridized carbons (Fsp3) is 0.500. The normalized spacial score (nSPS) is 14.0. The Morgan fingerprint density at radius 1 is 1.36 bits per heavy atom. The molecule has 0 unspecified atom stereocenters. The second-order valence-electron chi connectivity index (χ2n) is 3.37. The van der Waals surface area contributed by atoms with Crippen LogP contribution in [0.4, 0.5) is 0 Å². The second kappa shape index (κ2) is 4.23. The van der Waals surface area contributed by atoms with Gasteiger partial charge >= 0.3 is 0 Å². The SMILES string of the molecule is CO/C=C/C(=C\O)[Si](C)(C)C. The van der Waals surface area contributed by atoms with Crippen LogP contribution in [0.2, 0.25) is 19.6 Å². The van der Waals surface area contributed by atoms with Crippen molar-refractivity contribution in [3.8, 4) is 0 Å². The molecule has 0 aliphatic heterocycles. The highest BCUT2D eigenvalue weighted by atomic mass is 28.3. The Balaban J connectivity index is 4.33. The summed E-state index contributed by atoms with van der Waals surface area (Å²) < 4.78 is 4.76. The third-order valence-corrected chi connectivity index (χ3v) is 3.42. The molecule has 0 spiro atoms. The molecule has 0 heterocycles. The van der Waals surface area contributed by atoms with Crippen LogP contribution in [0.3, 0.4) is 0 Å². The van der Waals surface area contributed by atoms with E-state index in [9.17, 15) is 0 Å². The molecule has 0 saturated heterocycles. The van der Waals surface area contributed by atoms with Crippen molar-refractivity contribution in [1.82, 2.24) is 0 Å². The average molecular weight is 172 g/mol. The summed E-state index contributed by atoms with van der Waals surface area (Å²) in [5.41, 5.74) is 0. The fourth-order valence-corrected chi connectivity index (χ4v) is 1.58. The van der Waals surface area contributed by atoms with Crippen molar-refractivity contribution in [2.75, 3.05) is 7.11 Å². The predicted molar refractivity (Wildman–Crippen MR) is 50.2 cm³/mol. The van der Waals surface area contributed by atoms with Crippen molar-refractivity contribution in [3.05, 3.63) is 23.8 Å². The summed E-state index contributed by atoms with van der Waals surface area (Å²) in [6.07, 6.45) is 4.56. The van der Waals surface area contributed by atoms with Crippen molar-refractivity contribution in [2.45, 2.75) is 19.6 Å². The number of allylic oxidation sites excluding steroid dienone is 2. The monoisotopic (exact) mass is 172 g/mol. The molecular weight excluding hydrogens is 156 g/mol. The van der Waals surface area contributed by atoms with Crippen LogP contribution in [-0.2, 0) is 4.74 Å². The molecule has 11 heavy (non-hydrogen) atoms. The van der Waals surface area contributed by atoms with Crippen LogP contribution in [-0.4, -0.2) is 20.3 Å². The van der Waals surface area contributed by atoms with Gasteiger partial charge in [-0.05, 0) is 11.3 Å². The molecule has 1 N–H and O–H groups in total. The van der Waals surface area contributed by atoms with Crippen molar-refractivity contribution >= 4 is 8.07 Å². The molecule has 3 heteroatoms. The van der Waals surface area contributed by atoms with E-state index in [-0.39, 0.29) is 0 Å². The Labute approximate surface area is 69.2 Å². The Morgan fingerprint density at radius 3 is 2.18 bits per heavy atom. The maximum atomic E-state index is 8.85. The standard InChI is InChI=1S/C8H16O2Si/c1-10-6-5-8(7-9)11(2,3)4/h5-7,9H,1-4H3/b6-5+,8-7+. The van der Waals surface area contributed by atoms with Crippen LogP contribution in [0.15, 0.2) is 23.8 Å². The van der Waals surface area contributed by atoms with Gasteiger partial charge in [0.25, 0.3) is 0 Å². The quantitative estimate of drug-likeness (QED) is 0.402. The van der Waals surface area contributed by atoms with Gasteiger partial charge in [0.2, 0.25) is 0 Å². The minimum absolute atomic E-state index is 0.986. The summed E-state index contributed by atoms with van der Waals surface area (Å²) in [4.78, 5) is 0. The average Bonchev–Trinajstić information content (AvgIpc) is 1.87. The van der Waals surface area contributed by atoms with Gasteiger partial charge in [0, 0.05) is 0 Å². The van der Waals surface area contributed by atoms with Crippen LogP contribution in [0.1, 0.15) is 0 Å². The van der Waals surface area contributed by atoms with Crippen molar-refractivity contribution in [2.24, 2.45) is 0 Å². The molecule has 0 saturated carbocycles. The van der Waals surface area contributed by atoms with Gasteiger partial charge in [-0.2, -0.15) is 0 Å². The van der Waals surface area contributed by atoms with Crippen LogP contribution in [0.25, 0.3) is 0 Å². The Hall–Kier alpha value is -0.703. The van der Waals surface area contributed by atoms with Crippen LogP contribution in [0, 0.1) is 0 Å². The van der Waals surface area contributed by atoms with E-state index in [1.165, 1.54) is 6.26 Å². The molecule has 0 rings (SSSR count). The molecule has 0 aromatic rings. The zero-order valence-electron chi connectivity index (χ0n) is 7.59. The van der Waals surface area contributed by atoms with E-state index in [0.29, 0.717) is 0 Å². The van der Waals surface area contributed by atoms with E-state index < -0.39 is 8.07 Å². The largest absolute Gasteiger partial charge is 0.516 e. The smallest absolute Gasteiger partial charge is 0.0824 e. The zero-order valence-corrected chi connectivity index (χ0v) is 8.59. The van der Waals surface area contributed by atoms with Crippen LogP contribution >= 0.6 is 0 Å². The van der Waals surface area contributed by atoms with Crippen LogP contribution in [0.5, 0.6) is 0 Å². The van der Waals surface area contributed by atoms with Crippen LogP contribution < -0.4 is 0 Å². The Morgan fingerprint density at radius 2 is 1.91 bits per heavy atom. The van der Waals surface area contributed by atoms with E-state index in [1.807, 2.05) is 6.08 Å². The highest BCUT2D eigenvalue weighted by Crippen LogP contribution is 2.14. The first-order valence-electron chi connectivity index (χ1n) is 3.56. The van der Waals surface area contributed by atoms with Gasteiger partial charge in [0.15, 0.2) is 0 Å². The summed E-state index contributed by atoms with van der Waals surface area (Å²) in [5.74, 6) is 0. The van der Waals surface area contributed by atoms with Gasteiger partial charge < -0.3 is 9.84 Å². The molecule has 0 fully saturated rings. The second-order valence-corrected chi connectivity index (χ2v) is 8.45. The third kappa shape index (κ3) is 3.88. The number of hydrogen-bond donors (Lipinski definition) is 1. The lowest BCUT2D eigenvalue weighted by Crippen LogP contribution is -2.22. The summed E-state index contributed by atoms with van der Waals surface area (Å²) in [5, 5.41) is 9.84. The number of rotatable bonds is 3. The molecule has 0 aromatic heterocycles. The van der Waals surface area contributed by atoms with Gasteiger partial charge in [-0.25, -0.2) is 0 Å². The van der Waals surface area contributed by atoms with E-state index in [2.05, 4.69) is 19.6 Å². The molecule has 0 atom stereocenters. The molecule has 0 amide bonds. The zero-order chi connectivity index (χ0) is 8.91. The van der Waals surface area contributed by atoms with Crippen molar-refractivity contribution in [1.29, 1.82) is 0 Å². The summed E-state index contributed by atoms with van der Waals surface area (Å²) in [6.45, 7) is 6.49. The molecular formula is C8H16O2Si. The number of hydrogen-bond acceptors (Lipinski definition) is 2. The molecule has 0 aliphatic rings. The first kappa shape index (κ1) is 10.3. The first-order valence-corrected chi connectivity index (χ1v) is 7.06. The lowest BCUT2D eigenvalue weighted by molar-refractivity contribution is 0.337. The maximum absolute atomic E-state index is 8.85. The number of ether oxygens (including phenoxy) is 1. The Kier molecular flexibility index (Phi) is 3.96. The molecule has 0 aliphatic carbocycles. The van der Waals surface area contributed by atoms with Gasteiger partial charge in [-0.3, -0.25) is 0 Å². The summed E-state index contributed by atoms with van der Waals surface area (Å²) in [6, 6.07) is 0. The van der Waals surface area contributed by atoms with E-state index in [4.69, 9.17) is 9.84 Å². The highest BCUT2D eigenvalue weighted by molar-refractivity contribution is 6.83. The fourth-order valence-electron chi connectivity index (χ4n) is 0.628. The van der Waals surface area contributed by atoms with Gasteiger partial charge in [-0.15, -0.1) is 0 Å². The molecule has 0 aromatic carbocycles. The van der Waals surface area contributed by atoms with Crippen molar-refractivity contribution in [3.63, 3.8) is 0 Å². The van der Waals surface area contributed by atoms with Crippen molar-refractivity contribution < 1.29 is 9.84 Å². The lowest BCUT2D eigenvalue weighted by atomic mass is 10.6. The summed E-state index contributed by atoms with van der Waals surface area (Å²) in [7, 11) is 0.213. The first-order chi connectivity index (χ1) is 5.02. The molecule has 0 bridgehead atoms. The number of aliphatic hydroxyl groups is 1. The van der Waals surface area contributed by atoms with E-state index >= 15 is 0 Å². The predicted octanol–water partition coefficient (Wildman–Crippen LogP) is 2.47. The van der Waals surface area contributed by atoms with E-state index in [1.54, 1.807) is 13.4 Å². The lowest BCUT2D eigenvalue weighted by Gasteiger charge is -2.15. The molecule has 64 valence electrons. The minimum Gasteiger partial charge on any atom is -0.516 e.